The number of likely N-dealkylation sites (N-methyl/N-ethyl adjacent to an activating group) is 2. The zero-order chi connectivity index (χ0) is 13.0. The predicted octanol–water partition coefficient (Wildman–Crippen LogP) is 1.07. The Morgan fingerprint density at radius 2 is 2.17 bits per heavy atom. The van der Waals surface area contributed by atoms with Gasteiger partial charge in [0.2, 0.25) is 5.91 Å². The molecule has 1 amide bonds. The van der Waals surface area contributed by atoms with Crippen LogP contribution in [0.1, 0.15) is 38.5 Å². The first kappa shape index (κ1) is 13.8. The van der Waals surface area contributed by atoms with Crippen molar-refractivity contribution in [2.24, 2.45) is 0 Å². The third kappa shape index (κ3) is 3.69. The van der Waals surface area contributed by atoms with E-state index >= 15 is 0 Å². The highest BCUT2D eigenvalue weighted by atomic mass is 16.2. The minimum atomic E-state index is 0.315. The topological polar surface area (TPSA) is 35.6 Å². The van der Waals surface area contributed by atoms with E-state index in [4.69, 9.17) is 0 Å². The third-order valence-electron chi connectivity index (χ3n) is 4.37. The van der Waals surface area contributed by atoms with Crippen LogP contribution >= 0.6 is 0 Å². The van der Waals surface area contributed by atoms with Gasteiger partial charge in [0.1, 0.15) is 0 Å². The third-order valence-corrected chi connectivity index (χ3v) is 4.37. The molecule has 0 bridgehead atoms. The standard InChI is InChI=1S/C14H27N3O/c1-16-9-5-7-13(11-16)17(2)14(18)10-12-6-3-4-8-15-12/h12-13,15H,3-11H2,1-2H3. The van der Waals surface area contributed by atoms with E-state index in [1.54, 1.807) is 0 Å². The smallest absolute Gasteiger partial charge is 0.224 e. The molecule has 2 saturated heterocycles. The number of likely N-dealkylation sites (tertiary alicyclic amines) is 1. The number of hydrogen-bond donors (Lipinski definition) is 1. The summed E-state index contributed by atoms with van der Waals surface area (Å²) in [6, 6.07) is 0.829. The number of rotatable bonds is 3. The molecule has 104 valence electrons. The van der Waals surface area contributed by atoms with Crippen LogP contribution in [0.25, 0.3) is 0 Å². The fourth-order valence-corrected chi connectivity index (χ4v) is 3.11. The van der Waals surface area contributed by atoms with Crippen LogP contribution in [0.5, 0.6) is 0 Å². The number of amides is 1. The van der Waals surface area contributed by atoms with Crippen LogP contribution in [0.15, 0.2) is 0 Å². The maximum Gasteiger partial charge on any atom is 0.224 e. The van der Waals surface area contributed by atoms with E-state index in [-0.39, 0.29) is 0 Å². The molecule has 0 saturated carbocycles. The molecule has 18 heavy (non-hydrogen) atoms. The van der Waals surface area contributed by atoms with Crippen LogP contribution in [-0.4, -0.2) is 61.5 Å². The van der Waals surface area contributed by atoms with E-state index < -0.39 is 0 Å². The molecule has 2 unspecified atom stereocenters. The first-order valence-electron chi connectivity index (χ1n) is 7.34. The molecule has 4 nitrogen and oxygen atoms in total. The molecule has 1 N–H and O–H groups in total. The fraction of sp³-hybridized carbons (Fsp3) is 0.929. The quantitative estimate of drug-likeness (QED) is 0.817. The molecule has 0 spiro atoms. The van der Waals surface area contributed by atoms with Crippen LogP contribution in [0, 0.1) is 0 Å². The Kier molecular flexibility index (Phi) is 5.01. The summed E-state index contributed by atoms with van der Waals surface area (Å²) < 4.78 is 0. The lowest BCUT2D eigenvalue weighted by Gasteiger charge is -2.36. The maximum absolute atomic E-state index is 12.3. The predicted molar refractivity (Wildman–Crippen MR) is 73.5 cm³/mol. The van der Waals surface area contributed by atoms with Gasteiger partial charge in [-0.2, -0.15) is 0 Å². The summed E-state index contributed by atoms with van der Waals surface area (Å²) in [5, 5.41) is 3.46. The average Bonchev–Trinajstić information content (AvgIpc) is 2.39. The second-order valence-electron chi connectivity index (χ2n) is 5.91. The van der Waals surface area contributed by atoms with Crippen LogP contribution < -0.4 is 5.32 Å². The largest absolute Gasteiger partial charge is 0.341 e. The number of piperidine rings is 2. The number of carbonyl (C=O) groups is 1. The van der Waals surface area contributed by atoms with Crippen molar-refractivity contribution in [2.45, 2.75) is 50.6 Å². The molecule has 0 aromatic rings. The van der Waals surface area contributed by atoms with Gasteiger partial charge in [0, 0.05) is 32.1 Å². The molecule has 0 aliphatic carbocycles. The summed E-state index contributed by atoms with van der Waals surface area (Å²) in [4.78, 5) is 16.6. The molecule has 2 fully saturated rings. The summed E-state index contributed by atoms with van der Waals surface area (Å²) in [5.74, 6) is 0.315. The summed E-state index contributed by atoms with van der Waals surface area (Å²) in [6.45, 7) is 3.27. The lowest BCUT2D eigenvalue weighted by molar-refractivity contribution is -0.133. The maximum atomic E-state index is 12.3. The molecular weight excluding hydrogens is 226 g/mol. The normalized spacial score (nSPS) is 30.1. The van der Waals surface area contributed by atoms with E-state index in [1.165, 1.54) is 25.8 Å². The van der Waals surface area contributed by atoms with Crippen molar-refractivity contribution in [3.63, 3.8) is 0 Å². The van der Waals surface area contributed by atoms with Gasteiger partial charge >= 0.3 is 0 Å². The Morgan fingerprint density at radius 1 is 1.33 bits per heavy atom. The van der Waals surface area contributed by atoms with Gasteiger partial charge in [-0.15, -0.1) is 0 Å². The SMILES string of the molecule is CN1CCCC(N(C)C(=O)CC2CCCCN2)C1. The Balaban J connectivity index is 1.79. The summed E-state index contributed by atoms with van der Waals surface area (Å²) in [6.07, 6.45) is 6.72. The van der Waals surface area contributed by atoms with Crippen molar-refractivity contribution in [1.82, 2.24) is 15.1 Å². The Labute approximate surface area is 111 Å². The van der Waals surface area contributed by atoms with Crippen molar-refractivity contribution < 1.29 is 4.79 Å². The van der Waals surface area contributed by atoms with Gasteiger partial charge < -0.3 is 15.1 Å². The minimum absolute atomic E-state index is 0.315. The zero-order valence-corrected chi connectivity index (χ0v) is 11.8. The second-order valence-corrected chi connectivity index (χ2v) is 5.91. The molecule has 2 rings (SSSR count). The highest BCUT2D eigenvalue weighted by Gasteiger charge is 2.26. The summed E-state index contributed by atoms with van der Waals surface area (Å²) in [7, 11) is 4.13. The second kappa shape index (κ2) is 6.53. The minimum Gasteiger partial charge on any atom is -0.341 e. The summed E-state index contributed by atoms with van der Waals surface area (Å²) >= 11 is 0. The molecule has 4 heteroatoms. The monoisotopic (exact) mass is 253 g/mol. The van der Waals surface area contributed by atoms with Crippen LogP contribution in [0.3, 0.4) is 0 Å². The van der Waals surface area contributed by atoms with Crippen molar-refractivity contribution in [3.05, 3.63) is 0 Å². The first-order chi connectivity index (χ1) is 8.66. The van der Waals surface area contributed by atoms with Crippen LogP contribution in [0.2, 0.25) is 0 Å². The van der Waals surface area contributed by atoms with Gasteiger partial charge in [-0.05, 0) is 45.8 Å². The van der Waals surface area contributed by atoms with Crippen molar-refractivity contribution in [2.75, 3.05) is 33.7 Å². The Morgan fingerprint density at radius 3 is 2.83 bits per heavy atom. The zero-order valence-electron chi connectivity index (χ0n) is 11.8. The van der Waals surface area contributed by atoms with Gasteiger partial charge in [0.05, 0.1) is 0 Å². The van der Waals surface area contributed by atoms with Gasteiger partial charge in [-0.25, -0.2) is 0 Å². The molecule has 2 aliphatic rings. The molecule has 0 aromatic carbocycles. The Hall–Kier alpha value is -0.610. The van der Waals surface area contributed by atoms with Crippen LogP contribution in [0.4, 0.5) is 0 Å². The van der Waals surface area contributed by atoms with E-state index in [0.717, 1.165) is 25.9 Å². The van der Waals surface area contributed by atoms with Crippen molar-refractivity contribution in [1.29, 1.82) is 0 Å². The van der Waals surface area contributed by atoms with Crippen LogP contribution in [-0.2, 0) is 4.79 Å². The van der Waals surface area contributed by atoms with E-state index in [0.29, 0.717) is 24.4 Å². The van der Waals surface area contributed by atoms with Gasteiger partial charge in [-0.1, -0.05) is 6.42 Å². The molecule has 0 radical (unpaired) electrons. The molecular formula is C14H27N3O. The fourth-order valence-electron chi connectivity index (χ4n) is 3.11. The van der Waals surface area contributed by atoms with E-state index in [9.17, 15) is 4.79 Å². The van der Waals surface area contributed by atoms with Gasteiger partial charge in [-0.3, -0.25) is 4.79 Å². The number of hydrogen-bond acceptors (Lipinski definition) is 3. The highest BCUT2D eigenvalue weighted by molar-refractivity contribution is 5.77. The highest BCUT2D eigenvalue weighted by Crippen LogP contribution is 2.16. The Bertz CT molecular complexity index is 276. The first-order valence-corrected chi connectivity index (χ1v) is 7.34. The van der Waals surface area contributed by atoms with Crippen molar-refractivity contribution >= 4 is 5.91 Å². The molecule has 2 aliphatic heterocycles. The van der Waals surface area contributed by atoms with E-state index in [1.807, 2.05) is 11.9 Å². The van der Waals surface area contributed by atoms with Gasteiger partial charge in [0.15, 0.2) is 0 Å². The van der Waals surface area contributed by atoms with E-state index in [2.05, 4.69) is 17.3 Å². The van der Waals surface area contributed by atoms with Crippen molar-refractivity contribution in [3.8, 4) is 0 Å². The number of carbonyl (C=O) groups excluding carboxylic acids is 1. The lowest BCUT2D eigenvalue weighted by atomic mass is 10.00. The lowest BCUT2D eigenvalue weighted by Crippen LogP contribution is -2.49. The molecule has 2 heterocycles. The van der Waals surface area contributed by atoms with Gasteiger partial charge in [0.25, 0.3) is 0 Å². The summed E-state index contributed by atoms with van der Waals surface area (Å²) in [5.41, 5.74) is 0. The number of nitrogens with one attached hydrogen (secondary N) is 1. The molecule has 2 atom stereocenters. The molecule has 0 aromatic heterocycles. The number of nitrogens with zero attached hydrogens (tertiary/aromatic N) is 2. The average molecular weight is 253 g/mol.